The highest BCUT2D eigenvalue weighted by Gasteiger charge is 2.11. The summed E-state index contributed by atoms with van der Waals surface area (Å²) in [6, 6.07) is 20.8. The maximum Gasteiger partial charge on any atom is 0.255 e. The molecule has 0 atom stereocenters. The molecule has 3 aromatic carbocycles. The van der Waals surface area contributed by atoms with Crippen molar-refractivity contribution in [3.05, 3.63) is 72.3 Å². The molecule has 0 aromatic heterocycles. The van der Waals surface area contributed by atoms with Crippen LogP contribution >= 0.6 is 7.14 Å². The predicted octanol–water partition coefficient (Wildman–Crippen LogP) is 4.34. The zero-order chi connectivity index (χ0) is 16.4. The molecule has 0 bridgehead atoms. The lowest BCUT2D eigenvalue weighted by Gasteiger charge is -2.09. The van der Waals surface area contributed by atoms with Crippen LogP contribution in [-0.4, -0.2) is 19.2 Å². The minimum absolute atomic E-state index is 0.153. The minimum Gasteiger partial charge on any atom is -0.322 e. The average molecular weight is 323 g/mol. The molecule has 1 amide bonds. The molecule has 23 heavy (non-hydrogen) atoms. The van der Waals surface area contributed by atoms with E-state index in [2.05, 4.69) is 5.32 Å². The van der Waals surface area contributed by atoms with Gasteiger partial charge in [-0.3, -0.25) is 4.79 Å². The van der Waals surface area contributed by atoms with E-state index in [1.165, 1.54) is 0 Å². The van der Waals surface area contributed by atoms with E-state index >= 15 is 0 Å². The van der Waals surface area contributed by atoms with Crippen LogP contribution in [0.5, 0.6) is 0 Å². The Morgan fingerprint density at radius 3 is 2.17 bits per heavy atom. The number of rotatable bonds is 3. The van der Waals surface area contributed by atoms with Crippen molar-refractivity contribution in [2.24, 2.45) is 0 Å². The van der Waals surface area contributed by atoms with E-state index in [0.717, 1.165) is 16.1 Å². The van der Waals surface area contributed by atoms with Crippen LogP contribution in [0.3, 0.4) is 0 Å². The van der Waals surface area contributed by atoms with Gasteiger partial charge in [0.2, 0.25) is 0 Å². The van der Waals surface area contributed by atoms with Crippen LogP contribution in [0.2, 0.25) is 0 Å². The molecule has 0 aliphatic carbocycles. The number of nitrogens with one attached hydrogen (secondary N) is 1. The smallest absolute Gasteiger partial charge is 0.255 e. The number of benzene rings is 3. The maximum atomic E-state index is 12.4. The lowest BCUT2D eigenvalue weighted by atomic mass is 10.1. The summed E-state index contributed by atoms with van der Waals surface area (Å²) < 4.78 is 12.0. The molecule has 116 valence electrons. The molecule has 0 aliphatic rings. The topological polar surface area (TPSA) is 46.2 Å². The third kappa shape index (κ3) is 3.52. The Labute approximate surface area is 135 Å². The highest BCUT2D eigenvalue weighted by atomic mass is 31.2. The van der Waals surface area contributed by atoms with Crippen molar-refractivity contribution in [2.45, 2.75) is 0 Å². The Hall–Kier alpha value is -2.38. The van der Waals surface area contributed by atoms with Gasteiger partial charge in [0.25, 0.3) is 5.91 Å². The van der Waals surface area contributed by atoms with Crippen LogP contribution in [0.4, 0.5) is 5.69 Å². The van der Waals surface area contributed by atoms with Gasteiger partial charge in [0.05, 0.1) is 0 Å². The van der Waals surface area contributed by atoms with E-state index in [0.29, 0.717) is 11.3 Å². The van der Waals surface area contributed by atoms with E-state index < -0.39 is 7.14 Å². The number of hydrogen-bond donors (Lipinski definition) is 1. The third-order valence-corrected chi connectivity index (χ3v) is 5.30. The van der Waals surface area contributed by atoms with E-state index in [-0.39, 0.29) is 5.91 Å². The van der Waals surface area contributed by atoms with Crippen LogP contribution in [0, 0.1) is 0 Å². The molecule has 0 saturated heterocycles. The van der Waals surface area contributed by atoms with Crippen LogP contribution < -0.4 is 10.6 Å². The molecule has 0 fully saturated rings. The molecular weight excluding hydrogens is 305 g/mol. The van der Waals surface area contributed by atoms with Gasteiger partial charge < -0.3 is 9.88 Å². The van der Waals surface area contributed by atoms with Gasteiger partial charge in [-0.25, -0.2) is 0 Å². The lowest BCUT2D eigenvalue weighted by Crippen LogP contribution is -2.12. The Morgan fingerprint density at radius 2 is 1.52 bits per heavy atom. The van der Waals surface area contributed by atoms with Crippen LogP contribution in [0.25, 0.3) is 10.8 Å². The molecule has 1 N–H and O–H groups in total. The normalized spacial score (nSPS) is 11.4. The molecule has 0 spiro atoms. The SMILES string of the molecule is CP(C)(=O)c1ccc(NC(=O)c2ccc3ccccc3c2)cc1. The minimum atomic E-state index is -2.27. The number of carbonyl (C=O) groups excluding carboxylic acids is 1. The van der Waals surface area contributed by atoms with E-state index in [1.807, 2.05) is 42.5 Å². The molecule has 0 aliphatic heterocycles. The zero-order valence-electron chi connectivity index (χ0n) is 13.1. The fraction of sp³-hybridized carbons (Fsp3) is 0.105. The number of carbonyl (C=O) groups is 1. The largest absolute Gasteiger partial charge is 0.322 e. The van der Waals surface area contributed by atoms with Crippen LogP contribution in [0.1, 0.15) is 10.4 Å². The van der Waals surface area contributed by atoms with Gasteiger partial charge in [-0.15, -0.1) is 0 Å². The second-order valence-corrected chi connectivity index (χ2v) is 9.13. The molecule has 3 rings (SSSR count). The summed E-state index contributed by atoms with van der Waals surface area (Å²) in [5, 5.41) is 5.82. The van der Waals surface area contributed by atoms with E-state index in [9.17, 15) is 9.36 Å². The highest BCUT2D eigenvalue weighted by molar-refractivity contribution is 7.70. The molecule has 0 heterocycles. The Kier molecular flexibility index (Phi) is 4.06. The number of hydrogen-bond acceptors (Lipinski definition) is 2. The van der Waals surface area contributed by atoms with Gasteiger partial charge in [0, 0.05) is 16.6 Å². The quantitative estimate of drug-likeness (QED) is 0.729. The highest BCUT2D eigenvalue weighted by Crippen LogP contribution is 2.34. The Bertz CT molecular complexity index is 910. The van der Waals surface area contributed by atoms with Gasteiger partial charge >= 0.3 is 0 Å². The second kappa shape index (κ2) is 6.02. The van der Waals surface area contributed by atoms with Gasteiger partial charge in [-0.1, -0.05) is 30.3 Å². The summed E-state index contributed by atoms with van der Waals surface area (Å²) in [4.78, 5) is 12.4. The lowest BCUT2D eigenvalue weighted by molar-refractivity contribution is 0.102. The zero-order valence-corrected chi connectivity index (χ0v) is 14.0. The molecule has 0 unspecified atom stereocenters. The van der Waals surface area contributed by atoms with Crippen LogP contribution in [-0.2, 0) is 4.57 Å². The third-order valence-electron chi connectivity index (χ3n) is 3.76. The average Bonchev–Trinajstić information content (AvgIpc) is 2.54. The van der Waals surface area contributed by atoms with Crippen molar-refractivity contribution in [1.82, 2.24) is 0 Å². The van der Waals surface area contributed by atoms with Crippen molar-refractivity contribution in [3.8, 4) is 0 Å². The van der Waals surface area contributed by atoms with Crippen molar-refractivity contribution in [1.29, 1.82) is 0 Å². The fourth-order valence-electron chi connectivity index (χ4n) is 2.44. The van der Waals surface area contributed by atoms with Gasteiger partial charge in [0.15, 0.2) is 0 Å². The van der Waals surface area contributed by atoms with Crippen LogP contribution in [0.15, 0.2) is 66.7 Å². The van der Waals surface area contributed by atoms with E-state index in [4.69, 9.17) is 0 Å². The van der Waals surface area contributed by atoms with Gasteiger partial charge in [0.1, 0.15) is 7.14 Å². The summed E-state index contributed by atoms with van der Waals surface area (Å²) in [6.07, 6.45) is 0. The molecule has 3 nitrogen and oxygen atoms in total. The van der Waals surface area contributed by atoms with E-state index in [1.54, 1.807) is 37.6 Å². The first-order chi connectivity index (χ1) is 10.9. The monoisotopic (exact) mass is 323 g/mol. The van der Waals surface area contributed by atoms with Crippen molar-refractivity contribution in [3.63, 3.8) is 0 Å². The first-order valence-corrected chi connectivity index (χ1v) is 9.99. The van der Waals surface area contributed by atoms with Crippen molar-refractivity contribution in [2.75, 3.05) is 18.6 Å². The first kappa shape index (κ1) is 15.5. The standard InChI is InChI=1S/C19H18NO2P/c1-23(2,22)18-11-9-17(10-12-18)20-19(21)16-8-7-14-5-3-4-6-15(14)13-16/h3-13H,1-2H3,(H,20,21). The fourth-order valence-corrected chi connectivity index (χ4v) is 3.30. The summed E-state index contributed by atoms with van der Waals surface area (Å²) >= 11 is 0. The van der Waals surface area contributed by atoms with Crippen molar-refractivity contribution < 1.29 is 9.36 Å². The maximum absolute atomic E-state index is 12.4. The van der Waals surface area contributed by atoms with Gasteiger partial charge in [-0.05, 0) is 60.5 Å². The molecule has 3 aromatic rings. The summed E-state index contributed by atoms with van der Waals surface area (Å²) in [5.74, 6) is -0.153. The Balaban J connectivity index is 1.81. The number of anilines is 1. The summed E-state index contributed by atoms with van der Waals surface area (Å²) in [5.41, 5.74) is 1.31. The molecule has 4 heteroatoms. The predicted molar refractivity (Wildman–Crippen MR) is 97.4 cm³/mol. The molecule has 0 radical (unpaired) electrons. The second-order valence-electron chi connectivity index (χ2n) is 5.91. The number of amides is 1. The van der Waals surface area contributed by atoms with Gasteiger partial charge in [-0.2, -0.15) is 0 Å². The first-order valence-electron chi connectivity index (χ1n) is 7.39. The summed E-state index contributed by atoms with van der Waals surface area (Å²) in [7, 11) is -2.27. The summed E-state index contributed by atoms with van der Waals surface area (Å²) in [6.45, 7) is 3.46. The Morgan fingerprint density at radius 1 is 0.870 bits per heavy atom. The number of fused-ring (bicyclic) bond motifs is 1. The van der Waals surface area contributed by atoms with Crippen molar-refractivity contribution >= 4 is 34.8 Å². The molecule has 0 saturated carbocycles. The molecular formula is C19H18NO2P.